The van der Waals surface area contributed by atoms with Gasteiger partial charge in [0.15, 0.2) is 5.82 Å². The molecule has 1 aromatic carbocycles. The normalized spacial score (nSPS) is 24.2. The van der Waals surface area contributed by atoms with Gasteiger partial charge >= 0.3 is 6.18 Å². The first-order valence-corrected chi connectivity index (χ1v) is 10.6. The van der Waals surface area contributed by atoms with Gasteiger partial charge in [-0.2, -0.15) is 13.2 Å². The number of rotatable bonds is 3. The van der Waals surface area contributed by atoms with E-state index in [-0.39, 0.29) is 17.7 Å². The van der Waals surface area contributed by atoms with Crippen molar-refractivity contribution >= 4 is 5.82 Å². The third-order valence-electron chi connectivity index (χ3n) is 6.63. The average Bonchev–Trinajstić information content (AvgIpc) is 3.46. The first-order chi connectivity index (χ1) is 14.3. The third-order valence-corrected chi connectivity index (χ3v) is 6.63. The van der Waals surface area contributed by atoms with Crippen molar-refractivity contribution in [1.82, 2.24) is 10.2 Å². The van der Waals surface area contributed by atoms with E-state index < -0.39 is 17.5 Å². The summed E-state index contributed by atoms with van der Waals surface area (Å²) in [5.74, 6) is 0.652. The topological polar surface area (TPSA) is 69.5 Å². The van der Waals surface area contributed by atoms with Crippen LogP contribution in [0.3, 0.4) is 0 Å². The molecule has 0 spiro atoms. The number of alkyl halides is 3. The molecule has 0 saturated heterocycles. The fourth-order valence-corrected chi connectivity index (χ4v) is 4.99. The predicted molar refractivity (Wildman–Crippen MR) is 105 cm³/mol. The van der Waals surface area contributed by atoms with Gasteiger partial charge in [-0.1, -0.05) is 12.8 Å². The van der Waals surface area contributed by atoms with Gasteiger partial charge in [0.1, 0.15) is 11.4 Å². The highest BCUT2D eigenvalue weighted by atomic mass is 19.4. The molecule has 0 unspecified atom stereocenters. The third kappa shape index (κ3) is 3.31. The largest absolute Gasteiger partial charge is 0.507 e. The van der Waals surface area contributed by atoms with E-state index in [2.05, 4.69) is 15.1 Å². The summed E-state index contributed by atoms with van der Waals surface area (Å²) in [6.07, 6.45) is 1.69. The van der Waals surface area contributed by atoms with Crippen LogP contribution in [0, 0.1) is 0 Å². The van der Waals surface area contributed by atoms with Crippen LogP contribution in [0.4, 0.5) is 19.0 Å². The highest BCUT2D eigenvalue weighted by Gasteiger charge is 2.39. The fourth-order valence-electron chi connectivity index (χ4n) is 4.99. The van der Waals surface area contributed by atoms with Crippen LogP contribution in [0.2, 0.25) is 0 Å². The minimum absolute atomic E-state index is 0.0340. The summed E-state index contributed by atoms with van der Waals surface area (Å²) in [4.78, 5) is 2.16. The number of fused-ring (bicyclic) bond motifs is 1. The number of aliphatic hydroxyl groups excluding tert-OH is 1. The smallest absolute Gasteiger partial charge is 0.416 e. The highest BCUT2D eigenvalue weighted by molar-refractivity contribution is 5.75. The lowest BCUT2D eigenvalue weighted by atomic mass is 9.91. The molecule has 2 fully saturated rings. The second-order valence-corrected chi connectivity index (χ2v) is 8.63. The number of aromatic nitrogens is 2. The molecule has 0 amide bonds. The van der Waals surface area contributed by atoms with Crippen LogP contribution in [0.25, 0.3) is 11.3 Å². The van der Waals surface area contributed by atoms with E-state index in [4.69, 9.17) is 0 Å². The molecule has 160 valence electrons. The minimum Gasteiger partial charge on any atom is -0.507 e. The van der Waals surface area contributed by atoms with Gasteiger partial charge in [0.2, 0.25) is 0 Å². The lowest BCUT2D eigenvalue weighted by Gasteiger charge is -2.36. The highest BCUT2D eigenvalue weighted by Crippen LogP contribution is 2.50. The summed E-state index contributed by atoms with van der Waals surface area (Å²) in [5.41, 5.74) is 1.95. The molecule has 2 aromatic rings. The van der Waals surface area contributed by atoms with E-state index in [0.717, 1.165) is 80.6 Å². The maximum absolute atomic E-state index is 13.0. The fraction of sp³-hybridized carbons (Fsp3) is 0.545. The quantitative estimate of drug-likeness (QED) is 0.771. The maximum Gasteiger partial charge on any atom is 0.416 e. The summed E-state index contributed by atoms with van der Waals surface area (Å²) in [6, 6.07) is 3.06. The molecule has 2 saturated carbocycles. The zero-order valence-electron chi connectivity index (χ0n) is 16.5. The summed E-state index contributed by atoms with van der Waals surface area (Å²) < 4.78 is 39.0. The molecular formula is C22H24F3N3O2. The Kier molecular flexibility index (Phi) is 4.65. The first-order valence-electron chi connectivity index (χ1n) is 10.6. The van der Waals surface area contributed by atoms with Crippen molar-refractivity contribution in [1.29, 1.82) is 0 Å². The second-order valence-electron chi connectivity index (χ2n) is 8.63. The molecule has 2 aliphatic carbocycles. The molecule has 8 heteroatoms. The van der Waals surface area contributed by atoms with Gasteiger partial charge in [0, 0.05) is 17.7 Å². The van der Waals surface area contributed by atoms with Crippen molar-refractivity contribution in [2.75, 3.05) is 11.4 Å². The van der Waals surface area contributed by atoms with Crippen molar-refractivity contribution in [2.45, 2.75) is 69.2 Å². The summed E-state index contributed by atoms with van der Waals surface area (Å²) >= 11 is 0. The van der Waals surface area contributed by atoms with E-state index in [1.54, 1.807) is 0 Å². The lowest BCUT2D eigenvalue weighted by Crippen LogP contribution is -2.45. The Hall–Kier alpha value is -2.35. The Bertz CT molecular complexity index is 975. The SMILES string of the molecule is Oc1cc(C(F)(F)F)ccc1-c1nnc2c(c1C1CC1)CCN2[C@@H]1CCCC[C@H]1O. The Morgan fingerprint density at radius 3 is 2.47 bits per heavy atom. The first kappa shape index (κ1) is 19.6. The molecule has 3 aliphatic rings. The maximum atomic E-state index is 13.0. The standard InChI is InChI=1S/C22H24F3N3O2/c23-22(24,25)13-7-8-14(18(30)11-13)20-19(12-5-6-12)15-9-10-28(21(15)27-26-20)16-3-1-2-4-17(16)29/h7-8,11-12,16-17,29-30H,1-6,9-10H2/t16-,17-/m1/s1. The number of halogens is 3. The Morgan fingerprint density at radius 1 is 1.03 bits per heavy atom. The Labute approximate surface area is 172 Å². The van der Waals surface area contributed by atoms with Crippen LogP contribution in [-0.2, 0) is 12.6 Å². The summed E-state index contributed by atoms with van der Waals surface area (Å²) in [7, 11) is 0. The Balaban J connectivity index is 1.56. The monoisotopic (exact) mass is 419 g/mol. The van der Waals surface area contributed by atoms with E-state index in [0.29, 0.717) is 11.6 Å². The number of phenolic OH excluding ortho intramolecular Hbond substituents is 1. The molecular weight excluding hydrogens is 395 g/mol. The van der Waals surface area contributed by atoms with Gasteiger partial charge < -0.3 is 15.1 Å². The number of aliphatic hydroxyl groups is 1. The molecule has 1 aliphatic heterocycles. The van der Waals surface area contributed by atoms with Gasteiger partial charge in [0.05, 0.1) is 17.7 Å². The van der Waals surface area contributed by atoms with Crippen molar-refractivity contribution in [2.24, 2.45) is 0 Å². The number of nitrogens with zero attached hydrogens (tertiary/aromatic N) is 3. The van der Waals surface area contributed by atoms with Crippen LogP contribution in [0.15, 0.2) is 18.2 Å². The van der Waals surface area contributed by atoms with Gasteiger partial charge in [-0.15, -0.1) is 10.2 Å². The number of hydrogen-bond donors (Lipinski definition) is 2. The van der Waals surface area contributed by atoms with Crippen LogP contribution in [0.1, 0.15) is 61.1 Å². The molecule has 0 bridgehead atoms. The minimum atomic E-state index is -4.51. The van der Waals surface area contributed by atoms with Crippen LogP contribution < -0.4 is 4.90 Å². The van der Waals surface area contributed by atoms with Crippen LogP contribution >= 0.6 is 0 Å². The lowest BCUT2D eigenvalue weighted by molar-refractivity contribution is -0.137. The molecule has 1 aromatic heterocycles. The molecule has 2 heterocycles. The number of aromatic hydroxyl groups is 1. The zero-order valence-corrected chi connectivity index (χ0v) is 16.5. The van der Waals surface area contributed by atoms with E-state index in [1.165, 1.54) is 6.07 Å². The summed E-state index contributed by atoms with van der Waals surface area (Å²) in [6.45, 7) is 0.758. The second kappa shape index (κ2) is 7.11. The van der Waals surface area contributed by atoms with Gasteiger partial charge in [-0.05, 0) is 61.8 Å². The van der Waals surface area contributed by atoms with Crippen molar-refractivity contribution in [3.05, 3.63) is 34.9 Å². The molecule has 30 heavy (non-hydrogen) atoms. The van der Waals surface area contributed by atoms with Gasteiger partial charge in [-0.3, -0.25) is 0 Å². The molecule has 0 radical (unpaired) electrons. The van der Waals surface area contributed by atoms with Crippen LogP contribution in [0.5, 0.6) is 5.75 Å². The van der Waals surface area contributed by atoms with Crippen molar-refractivity contribution < 1.29 is 23.4 Å². The predicted octanol–water partition coefficient (Wildman–Crippen LogP) is 4.41. The zero-order chi connectivity index (χ0) is 21.0. The number of benzene rings is 1. The van der Waals surface area contributed by atoms with Gasteiger partial charge in [0.25, 0.3) is 0 Å². The summed E-state index contributed by atoms with van der Waals surface area (Å²) in [5, 5.41) is 29.7. The molecule has 2 N–H and O–H groups in total. The number of hydrogen-bond acceptors (Lipinski definition) is 5. The van der Waals surface area contributed by atoms with E-state index in [1.807, 2.05) is 0 Å². The van der Waals surface area contributed by atoms with E-state index in [9.17, 15) is 23.4 Å². The molecule has 5 rings (SSSR count). The van der Waals surface area contributed by atoms with Crippen LogP contribution in [-0.4, -0.2) is 39.1 Å². The molecule has 2 atom stereocenters. The average molecular weight is 419 g/mol. The number of anilines is 1. The molecule has 5 nitrogen and oxygen atoms in total. The van der Waals surface area contributed by atoms with Crippen molar-refractivity contribution in [3.63, 3.8) is 0 Å². The van der Waals surface area contributed by atoms with E-state index >= 15 is 0 Å². The number of phenols is 1. The Morgan fingerprint density at radius 2 is 1.80 bits per heavy atom. The van der Waals surface area contributed by atoms with Gasteiger partial charge in [-0.25, -0.2) is 0 Å². The van der Waals surface area contributed by atoms with Crippen molar-refractivity contribution in [3.8, 4) is 17.0 Å².